The van der Waals surface area contributed by atoms with E-state index in [1.165, 1.54) is 11.3 Å². The smallest absolute Gasteiger partial charge is 0.348 e. The van der Waals surface area contributed by atoms with Crippen LogP contribution in [0.15, 0.2) is 17.6 Å². The van der Waals surface area contributed by atoms with Crippen molar-refractivity contribution < 1.29 is 14.7 Å². The summed E-state index contributed by atoms with van der Waals surface area (Å²) >= 11 is 2.92. The Balaban J connectivity index is 1.62. The molecule has 2 saturated carbocycles. The molecule has 1 N–H and O–H groups in total. The van der Waals surface area contributed by atoms with E-state index >= 15 is 0 Å². The van der Waals surface area contributed by atoms with Gasteiger partial charge in [-0.1, -0.05) is 30.5 Å². The number of amides is 1. The first-order valence-electron chi connectivity index (χ1n) is 13.3. The highest BCUT2D eigenvalue weighted by molar-refractivity contribution is 7.99. The molecule has 2 aliphatic rings. The first kappa shape index (κ1) is 27.7. The van der Waals surface area contributed by atoms with Gasteiger partial charge in [-0.3, -0.25) is 4.79 Å². The topological polar surface area (TPSA) is 88.3 Å². The van der Waals surface area contributed by atoms with Gasteiger partial charge in [-0.15, -0.1) is 21.5 Å². The lowest BCUT2D eigenvalue weighted by molar-refractivity contribution is -0.124. The van der Waals surface area contributed by atoms with Gasteiger partial charge in [-0.05, 0) is 84.1 Å². The highest BCUT2D eigenvalue weighted by Gasteiger charge is 2.37. The van der Waals surface area contributed by atoms with Crippen molar-refractivity contribution in [2.24, 2.45) is 24.3 Å². The number of hydrogen-bond acceptors (Lipinski definition) is 6. The maximum atomic E-state index is 14.1. The zero-order chi connectivity index (χ0) is 26.7. The van der Waals surface area contributed by atoms with E-state index in [0.717, 1.165) is 56.5 Å². The fourth-order valence-electron chi connectivity index (χ4n) is 5.17. The molecule has 1 amide bonds. The molecular formula is C28H38N4O3S2. The van der Waals surface area contributed by atoms with E-state index in [1.807, 2.05) is 43.4 Å². The molecule has 2 aromatic heterocycles. The average molecular weight is 543 g/mol. The molecule has 200 valence electrons. The van der Waals surface area contributed by atoms with Crippen molar-refractivity contribution in [3.63, 3.8) is 0 Å². The molecule has 0 atom stereocenters. The van der Waals surface area contributed by atoms with Crippen LogP contribution in [0.5, 0.6) is 0 Å². The molecule has 0 aromatic carbocycles. The molecule has 9 heteroatoms. The van der Waals surface area contributed by atoms with E-state index in [0.29, 0.717) is 21.7 Å². The molecule has 0 radical (unpaired) electrons. The van der Waals surface area contributed by atoms with Gasteiger partial charge >= 0.3 is 5.97 Å². The Labute approximate surface area is 228 Å². The van der Waals surface area contributed by atoms with Crippen molar-refractivity contribution in [2.75, 3.05) is 4.90 Å². The van der Waals surface area contributed by atoms with Crippen LogP contribution in [0.1, 0.15) is 93.6 Å². The Morgan fingerprint density at radius 1 is 1.14 bits per heavy atom. The number of hydrogen-bond donors (Lipinski definition) is 1. The summed E-state index contributed by atoms with van der Waals surface area (Å²) < 4.78 is 1.93. The van der Waals surface area contributed by atoms with Crippen LogP contribution in [0, 0.1) is 29.1 Å². The Kier molecular flexibility index (Phi) is 8.70. The number of aromatic carboxylic acids is 1. The summed E-state index contributed by atoms with van der Waals surface area (Å²) in [5.41, 5.74) is 0.337. The summed E-state index contributed by atoms with van der Waals surface area (Å²) in [5.74, 6) is 6.07. The zero-order valence-corrected chi connectivity index (χ0v) is 24.1. The van der Waals surface area contributed by atoms with Crippen molar-refractivity contribution in [3.05, 3.63) is 22.1 Å². The molecule has 2 aromatic rings. The van der Waals surface area contributed by atoms with Crippen LogP contribution in [0.2, 0.25) is 0 Å². The molecule has 7 nitrogen and oxygen atoms in total. The van der Waals surface area contributed by atoms with Gasteiger partial charge in [0.1, 0.15) is 11.2 Å². The van der Waals surface area contributed by atoms with Gasteiger partial charge < -0.3 is 14.6 Å². The molecule has 4 rings (SSSR count). The number of nitrogens with zero attached hydrogens (tertiary/aromatic N) is 4. The Morgan fingerprint density at radius 2 is 1.81 bits per heavy atom. The lowest BCUT2D eigenvalue weighted by atomic mass is 9.81. The Bertz CT molecular complexity index is 1170. The van der Waals surface area contributed by atoms with Crippen LogP contribution in [-0.2, 0) is 11.8 Å². The lowest BCUT2D eigenvalue weighted by Gasteiger charge is -2.39. The number of carboxylic acids is 1. The normalized spacial score (nSPS) is 24.2. The van der Waals surface area contributed by atoms with E-state index < -0.39 is 5.97 Å². The highest BCUT2D eigenvalue weighted by atomic mass is 32.2. The van der Waals surface area contributed by atoms with Crippen molar-refractivity contribution in [1.29, 1.82) is 0 Å². The summed E-state index contributed by atoms with van der Waals surface area (Å²) in [5, 5.41) is 19.6. The molecule has 2 fully saturated rings. The zero-order valence-electron chi connectivity index (χ0n) is 22.5. The van der Waals surface area contributed by atoms with Crippen molar-refractivity contribution >= 4 is 40.7 Å². The predicted octanol–water partition coefficient (Wildman–Crippen LogP) is 6.24. The minimum absolute atomic E-state index is 0.0145. The molecular weight excluding hydrogens is 504 g/mol. The minimum Gasteiger partial charge on any atom is -0.477 e. The number of carbonyl (C=O) groups excluding carboxylic acids is 1. The first-order chi connectivity index (χ1) is 17.5. The van der Waals surface area contributed by atoms with Crippen LogP contribution in [0.25, 0.3) is 0 Å². The third-order valence-corrected chi connectivity index (χ3v) is 9.69. The predicted molar refractivity (Wildman–Crippen MR) is 149 cm³/mol. The van der Waals surface area contributed by atoms with Gasteiger partial charge in [0.25, 0.3) is 0 Å². The van der Waals surface area contributed by atoms with E-state index in [9.17, 15) is 14.7 Å². The van der Waals surface area contributed by atoms with Crippen molar-refractivity contribution in [1.82, 2.24) is 14.8 Å². The van der Waals surface area contributed by atoms with Gasteiger partial charge in [0, 0.05) is 29.7 Å². The summed E-state index contributed by atoms with van der Waals surface area (Å²) in [6, 6.07) is 1.83. The number of anilines is 1. The molecule has 2 aliphatic carbocycles. The molecule has 0 saturated heterocycles. The largest absolute Gasteiger partial charge is 0.477 e. The Morgan fingerprint density at radius 3 is 2.38 bits per heavy atom. The van der Waals surface area contributed by atoms with Crippen molar-refractivity contribution in [3.8, 4) is 11.8 Å². The number of rotatable bonds is 6. The second-order valence-electron chi connectivity index (χ2n) is 11.6. The van der Waals surface area contributed by atoms with E-state index in [4.69, 9.17) is 0 Å². The highest BCUT2D eigenvalue weighted by Crippen LogP contribution is 2.41. The van der Waals surface area contributed by atoms with Crippen LogP contribution >= 0.6 is 23.1 Å². The van der Waals surface area contributed by atoms with Gasteiger partial charge in [0.05, 0.1) is 10.6 Å². The number of carboxylic acid groups (broad SMARTS) is 1. The van der Waals surface area contributed by atoms with Crippen LogP contribution in [-0.4, -0.2) is 43.0 Å². The van der Waals surface area contributed by atoms with Crippen LogP contribution in [0.4, 0.5) is 5.69 Å². The average Bonchev–Trinajstić information content (AvgIpc) is 3.45. The summed E-state index contributed by atoms with van der Waals surface area (Å²) in [6.45, 7) is 8.34. The second kappa shape index (κ2) is 11.6. The van der Waals surface area contributed by atoms with Crippen molar-refractivity contribution in [2.45, 2.75) is 95.5 Å². The van der Waals surface area contributed by atoms with E-state index in [-0.39, 0.29) is 28.2 Å². The second-order valence-corrected chi connectivity index (χ2v) is 13.9. The maximum Gasteiger partial charge on any atom is 0.348 e. The number of aromatic nitrogens is 3. The first-order valence-corrected chi connectivity index (χ1v) is 15.0. The molecule has 0 unspecified atom stereocenters. The van der Waals surface area contributed by atoms with Gasteiger partial charge in [-0.25, -0.2) is 4.79 Å². The van der Waals surface area contributed by atoms with Crippen LogP contribution < -0.4 is 4.90 Å². The number of thioether (sulfide) groups is 1. The Hall–Kier alpha value is -2.31. The molecule has 0 bridgehead atoms. The number of aryl methyl sites for hydroxylation is 1. The van der Waals surface area contributed by atoms with E-state index in [1.54, 1.807) is 18.1 Å². The lowest BCUT2D eigenvalue weighted by Crippen LogP contribution is -2.46. The van der Waals surface area contributed by atoms with Gasteiger partial charge in [0.15, 0.2) is 5.16 Å². The third kappa shape index (κ3) is 6.97. The van der Waals surface area contributed by atoms with Gasteiger partial charge in [0.2, 0.25) is 5.91 Å². The summed E-state index contributed by atoms with van der Waals surface area (Å²) in [4.78, 5) is 29.2. The number of thiophene rings is 1. The van der Waals surface area contributed by atoms with Gasteiger partial charge in [-0.2, -0.15) is 0 Å². The maximum absolute atomic E-state index is 14.1. The molecule has 37 heavy (non-hydrogen) atoms. The molecule has 0 aliphatic heterocycles. The van der Waals surface area contributed by atoms with E-state index in [2.05, 4.69) is 29.0 Å². The minimum atomic E-state index is -0.995. The monoisotopic (exact) mass is 542 g/mol. The van der Waals surface area contributed by atoms with Crippen LogP contribution in [0.3, 0.4) is 0 Å². The summed E-state index contributed by atoms with van der Waals surface area (Å²) in [7, 11) is 1.95. The fraction of sp³-hybridized carbons (Fsp3) is 0.643. The molecule has 2 heterocycles. The quantitative estimate of drug-likeness (QED) is 0.435. The molecule has 0 spiro atoms. The number of carbonyl (C=O) groups is 2. The third-order valence-electron chi connectivity index (χ3n) is 7.28. The SMILES string of the molecule is Cn1cnnc1S[C@H]1CC[C@H](N(c2cc(C#CC(C)(C)C)sc2C(=O)O)C(=O)[C@H]2CC[C@H](C)CC2)CC1. The summed E-state index contributed by atoms with van der Waals surface area (Å²) in [6.07, 6.45) is 9.10. The fourth-order valence-corrected chi connectivity index (χ4v) is 7.13. The standard InChI is InChI=1S/C28H38N4O3S2/c1-18-6-8-19(9-7-18)25(33)32(20-10-12-21(13-11-20)37-27-30-29-17-31(27)5)23-16-22(14-15-28(2,3)4)36-24(23)26(34)35/h16-21H,6-13H2,1-5H3,(H,34,35)/t18-,19-,20-,21-.